The molecule has 0 radical (unpaired) electrons. The SMILES string of the molecule is Nc1ccc(-c2ccccc2)cc1NC(=O)c1ccc2nccnc2c1. The Bertz CT molecular complexity index is 1090. The predicted molar refractivity (Wildman–Crippen MR) is 104 cm³/mol. The van der Waals surface area contributed by atoms with E-state index >= 15 is 0 Å². The zero-order chi connectivity index (χ0) is 17.9. The molecule has 0 aliphatic heterocycles. The molecule has 1 aromatic heterocycles. The molecule has 0 aliphatic carbocycles. The third-order valence-electron chi connectivity index (χ3n) is 4.14. The Kier molecular flexibility index (Phi) is 4.03. The van der Waals surface area contributed by atoms with Crippen molar-refractivity contribution in [2.45, 2.75) is 0 Å². The fourth-order valence-electron chi connectivity index (χ4n) is 2.77. The minimum Gasteiger partial charge on any atom is -0.397 e. The van der Waals surface area contributed by atoms with E-state index in [1.165, 1.54) is 0 Å². The summed E-state index contributed by atoms with van der Waals surface area (Å²) in [5.74, 6) is -0.241. The highest BCUT2D eigenvalue weighted by molar-refractivity contribution is 6.07. The van der Waals surface area contributed by atoms with Gasteiger partial charge in [0.05, 0.1) is 22.4 Å². The Morgan fingerprint density at radius 3 is 2.38 bits per heavy atom. The number of carbonyl (C=O) groups is 1. The van der Waals surface area contributed by atoms with Crippen LogP contribution in [0, 0.1) is 0 Å². The number of anilines is 2. The quantitative estimate of drug-likeness (QED) is 0.549. The lowest BCUT2D eigenvalue weighted by Gasteiger charge is -2.11. The molecule has 1 heterocycles. The first-order valence-corrected chi connectivity index (χ1v) is 8.18. The van der Waals surface area contributed by atoms with E-state index in [0.29, 0.717) is 22.5 Å². The van der Waals surface area contributed by atoms with Gasteiger partial charge < -0.3 is 11.1 Å². The van der Waals surface area contributed by atoms with Gasteiger partial charge in [0.15, 0.2) is 0 Å². The number of fused-ring (bicyclic) bond motifs is 1. The number of hydrogen-bond acceptors (Lipinski definition) is 4. The van der Waals surface area contributed by atoms with Gasteiger partial charge in [0.1, 0.15) is 0 Å². The van der Waals surface area contributed by atoms with Crippen molar-refractivity contribution in [1.29, 1.82) is 0 Å². The highest BCUT2D eigenvalue weighted by Crippen LogP contribution is 2.27. The molecule has 5 nitrogen and oxygen atoms in total. The van der Waals surface area contributed by atoms with E-state index in [9.17, 15) is 4.79 Å². The van der Waals surface area contributed by atoms with Gasteiger partial charge in [-0.3, -0.25) is 14.8 Å². The third kappa shape index (κ3) is 3.10. The van der Waals surface area contributed by atoms with Crippen LogP contribution in [-0.4, -0.2) is 15.9 Å². The monoisotopic (exact) mass is 340 g/mol. The molecule has 0 bridgehead atoms. The van der Waals surface area contributed by atoms with E-state index in [-0.39, 0.29) is 5.91 Å². The van der Waals surface area contributed by atoms with Crippen LogP contribution in [0.3, 0.4) is 0 Å². The highest BCUT2D eigenvalue weighted by atomic mass is 16.1. The topological polar surface area (TPSA) is 80.9 Å². The van der Waals surface area contributed by atoms with Crippen molar-refractivity contribution in [3.8, 4) is 11.1 Å². The second kappa shape index (κ2) is 6.64. The zero-order valence-corrected chi connectivity index (χ0v) is 13.9. The van der Waals surface area contributed by atoms with Gasteiger partial charge in [-0.15, -0.1) is 0 Å². The summed E-state index contributed by atoms with van der Waals surface area (Å²) in [6.07, 6.45) is 3.23. The zero-order valence-electron chi connectivity index (χ0n) is 13.9. The lowest BCUT2D eigenvalue weighted by Crippen LogP contribution is -2.13. The van der Waals surface area contributed by atoms with Gasteiger partial charge in [0.25, 0.3) is 5.91 Å². The Morgan fingerprint density at radius 1 is 0.808 bits per heavy atom. The van der Waals surface area contributed by atoms with Crippen LogP contribution < -0.4 is 11.1 Å². The fourth-order valence-corrected chi connectivity index (χ4v) is 2.77. The van der Waals surface area contributed by atoms with Gasteiger partial charge in [-0.25, -0.2) is 0 Å². The minimum atomic E-state index is -0.241. The first-order chi connectivity index (χ1) is 12.7. The van der Waals surface area contributed by atoms with Gasteiger partial charge in [-0.2, -0.15) is 0 Å². The summed E-state index contributed by atoms with van der Waals surface area (Å²) in [6.45, 7) is 0. The summed E-state index contributed by atoms with van der Waals surface area (Å²) in [6, 6.07) is 20.8. The minimum absolute atomic E-state index is 0.241. The normalized spacial score (nSPS) is 10.6. The first kappa shape index (κ1) is 15.8. The lowest BCUT2D eigenvalue weighted by molar-refractivity contribution is 0.102. The van der Waals surface area contributed by atoms with Crippen molar-refractivity contribution in [1.82, 2.24) is 9.97 Å². The van der Waals surface area contributed by atoms with Crippen LogP contribution in [0.5, 0.6) is 0 Å². The van der Waals surface area contributed by atoms with Crippen LogP contribution in [0.25, 0.3) is 22.2 Å². The number of nitrogens with zero attached hydrogens (tertiary/aromatic N) is 2. The summed E-state index contributed by atoms with van der Waals surface area (Å²) in [4.78, 5) is 21.1. The number of amides is 1. The molecule has 26 heavy (non-hydrogen) atoms. The smallest absolute Gasteiger partial charge is 0.255 e. The standard InChI is InChI=1S/C21H16N4O/c22-17-8-6-15(14-4-2-1-3-5-14)12-19(17)25-21(26)16-7-9-18-20(13-16)24-11-10-23-18/h1-13H,22H2,(H,25,26). The molecule has 0 saturated carbocycles. The van der Waals surface area contributed by atoms with Gasteiger partial charge in [-0.05, 0) is 41.5 Å². The second-order valence-electron chi connectivity index (χ2n) is 5.88. The van der Waals surface area contributed by atoms with Crippen LogP contribution in [0.2, 0.25) is 0 Å². The number of aromatic nitrogens is 2. The summed E-state index contributed by atoms with van der Waals surface area (Å²) < 4.78 is 0. The molecule has 4 rings (SSSR count). The van der Waals surface area contributed by atoms with Gasteiger partial charge in [-0.1, -0.05) is 36.4 Å². The van der Waals surface area contributed by atoms with Crippen LogP contribution >= 0.6 is 0 Å². The van der Waals surface area contributed by atoms with Crippen molar-refractivity contribution < 1.29 is 4.79 Å². The van der Waals surface area contributed by atoms with Gasteiger partial charge in [0, 0.05) is 18.0 Å². The summed E-state index contributed by atoms with van der Waals surface area (Å²) in [5.41, 5.74) is 11.1. The summed E-state index contributed by atoms with van der Waals surface area (Å²) >= 11 is 0. The average Bonchev–Trinajstić information content (AvgIpc) is 2.70. The molecular formula is C21H16N4O. The van der Waals surface area contributed by atoms with Crippen LogP contribution in [-0.2, 0) is 0 Å². The Balaban J connectivity index is 1.64. The largest absolute Gasteiger partial charge is 0.397 e. The number of nitrogens with one attached hydrogen (secondary N) is 1. The molecule has 0 atom stereocenters. The third-order valence-corrected chi connectivity index (χ3v) is 4.14. The van der Waals surface area contributed by atoms with Crippen molar-refractivity contribution >= 4 is 28.3 Å². The predicted octanol–water partition coefficient (Wildman–Crippen LogP) is 4.13. The molecule has 0 spiro atoms. The van der Waals surface area contributed by atoms with Crippen LogP contribution in [0.15, 0.2) is 79.1 Å². The maximum absolute atomic E-state index is 12.6. The Hall–Kier alpha value is -3.73. The molecule has 0 saturated heterocycles. The van der Waals surface area contributed by atoms with Crippen LogP contribution in [0.4, 0.5) is 11.4 Å². The van der Waals surface area contributed by atoms with E-state index < -0.39 is 0 Å². The van der Waals surface area contributed by atoms with Crippen LogP contribution in [0.1, 0.15) is 10.4 Å². The Labute approximate surface area is 150 Å². The highest BCUT2D eigenvalue weighted by Gasteiger charge is 2.11. The van der Waals surface area contributed by atoms with E-state index in [0.717, 1.165) is 16.6 Å². The van der Waals surface area contributed by atoms with Crippen molar-refractivity contribution in [3.63, 3.8) is 0 Å². The Morgan fingerprint density at radius 2 is 1.58 bits per heavy atom. The van der Waals surface area contributed by atoms with Gasteiger partial charge in [0.2, 0.25) is 0 Å². The molecule has 5 heteroatoms. The molecule has 1 amide bonds. The molecule has 3 aromatic carbocycles. The number of nitrogen functional groups attached to an aromatic ring is 1. The van der Waals surface area contributed by atoms with E-state index in [2.05, 4.69) is 15.3 Å². The van der Waals surface area contributed by atoms with Crippen molar-refractivity contribution in [2.24, 2.45) is 0 Å². The number of benzene rings is 3. The van der Waals surface area contributed by atoms with Crippen molar-refractivity contribution in [2.75, 3.05) is 11.1 Å². The van der Waals surface area contributed by atoms with E-state index in [1.54, 1.807) is 36.7 Å². The number of hydrogen-bond donors (Lipinski definition) is 2. The van der Waals surface area contributed by atoms with Crippen molar-refractivity contribution in [3.05, 3.63) is 84.7 Å². The number of carbonyl (C=O) groups excluding carboxylic acids is 1. The van der Waals surface area contributed by atoms with E-state index in [1.807, 2.05) is 42.5 Å². The molecule has 0 fully saturated rings. The molecule has 126 valence electrons. The second-order valence-corrected chi connectivity index (χ2v) is 5.88. The molecule has 4 aromatic rings. The summed E-state index contributed by atoms with van der Waals surface area (Å²) in [5, 5.41) is 2.89. The number of nitrogens with two attached hydrogens (primary N) is 1. The molecular weight excluding hydrogens is 324 g/mol. The molecule has 0 aliphatic rings. The van der Waals surface area contributed by atoms with E-state index in [4.69, 9.17) is 5.73 Å². The number of rotatable bonds is 3. The molecule has 0 unspecified atom stereocenters. The average molecular weight is 340 g/mol. The van der Waals surface area contributed by atoms with Gasteiger partial charge >= 0.3 is 0 Å². The lowest BCUT2D eigenvalue weighted by atomic mass is 10.0. The maximum Gasteiger partial charge on any atom is 0.255 e. The molecule has 3 N–H and O–H groups in total. The maximum atomic E-state index is 12.6. The first-order valence-electron chi connectivity index (χ1n) is 8.18. The summed E-state index contributed by atoms with van der Waals surface area (Å²) in [7, 11) is 0. The fraction of sp³-hybridized carbons (Fsp3) is 0.